The zero-order chi connectivity index (χ0) is 21.7. The Balaban J connectivity index is 1.99. The van der Waals surface area contributed by atoms with Crippen LogP contribution in [0.3, 0.4) is 0 Å². The number of urea groups is 1. The van der Waals surface area contributed by atoms with E-state index in [0.29, 0.717) is 35.1 Å². The molecule has 30 heavy (non-hydrogen) atoms. The Labute approximate surface area is 176 Å². The molecule has 7 heteroatoms. The lowest BCUT2D eigenvalue weighted by molar-refractivity contribution is -0.113. The molecule has 2 aromatic rings. The molecule has 0 saturated carbocycles. The molecule has 0 aromatic heterocycles. The molecule has 0 unspecified atom stereocenters. The molecule has 0 saturated heterocycles. The molecule has 1 aliphatic rings. The molecule has 1 aliphatic heterocycles. The van der Waals surface area contributed by atoms with Gasteiger partial charge in [0.05, 0.1) is 24.4 Å². The molecular weight excluding hydrogens is 382 g/mol. The maximum atomic E-state index is 13.3. The van der Waals surface area contributed by atoms with Crippen molar-refractivity contribution in [2.75, 3.05) is 26.1 Å². The van der Waals surface area contributed by atoms with E-state index in [9.17, 15) is 9.59 Å². The molecule has 0 spiro atoms. The lowest BCUT2D eigenvalue weighted by atomic mass is 9.94. The Kier molecular flexibility index (Phi) is 6.41. The minimum Gasteiger partial charge on any atom is -0.495 e. The second-order valence-corrected chi connectivity index (χ2v) is 6.77. The summed E-state index contributed by atoms with van der Waals surface area (Å²) in [5, 5.41) is 5.80. The number of allylic oxidation sites excluding steroid dienone is 1. The zero-order valence-electron chi connectivity index (χ0n) is 17.3. The number of nitrogens with zero attached hydrogens (tertiary/aromatic N) is 1. The molecule has 0 fully saturated rings. The average Bonchev–Trinajstić information content (AvgIpc) is 2.76. The number of methoxy groups -OCH3 is 1. The van der Waals surface area contributed by atoms with E-state index in [2.05, 4.69) is 17.2 Å². The second kappa shape index (κ2) is 9.17. The summed E-state index contributed by atoms with van der Waals surface area (Å²) < 4.78 is 10.9. The maximum absolute atomic E-state index is 13.3. The first-order valence-electron chi connectivity index (χ1n) is 9.49. The van der Waals surface area contributed by atoms with Crippen molar-refractivity contribution in [2.45, 2.75) is 13.0 Å². The number of carbonyl (C=O) groups excluding carboxylic acids is 2. The van der Waals surface area contributed by atoms with Crippen LogP contribution in [0.15, 0.2) is 72.5 Å². The first-order chi connectivity index (χ1) is 14.5. The van der Waals surface area contributed by atoms with E-state index >= 15 is 0 Å². The number of amides is 3. The fourth-order valence-electron chi connectivity index (χ4n) is 3.26. The third kappa shape index (κ3) is 4.30. The van der Waals surface area contributed by atoms with Gasteiger partial charge in [-0.15, -0.1) is 0 Å². The summed E-state index contributed by atoms with van der Waals surface area (Å²) in [4.78, 5) is 27.2. The molecule has 2 aromatic carbocycles. The highest BCUT2D eigenvalue weighted by atomic mass is 16.5. The molecule has 1 atom stereocenters. The number of ether oxygens (including phenoxy) is 2. The number of hydrogen-bond acceptors (Lipinski definition) is 4. The molecule has 0 aliphatic carbocycles. The van der Waals surface area contributed by atoms with Gasteiger partial charge in [0, 0.05) is 12.7 Å². The number of nitrogens with one attached hydrogen (secondary N) is 2. The summed E-state index contributed by atoms with van der Waals surface area (Å²) in [6.07, 6.45) is 1.65. The van der Waals surface area contributed by atoms with Crippen molar-refractivity contribution in [1.82, 2.24) is 10.2 Å². The van der Waals surface area contributed by atoms with E-state index in [1.807, 2.05) is 36.4 Å². The van der Waals surface area contributed by atoms with Crippen LogP contribution in [0.5, 0.6) is 11.5 Å². The minimum absolute atomic E-state index is 0.288. The van der Waals surface area contributed by atoms with E-state index in [4.69, 9.17) is 9.47 Å². The van der Waals surface area contributed by atoms with Gasteiger partial charge in [0.1, 0.15) is 18.1 Å². The van der Waals surface area contributed by atoms with E-state index in [0.717, 1.165) is 5.56 Å². The van der Waals surface area contributed by atoms with Crippen molar-refractivity contribution >= 4 is 17.6 Å². The van der Waals surface area contributed by atoms with Crippen molar-refractivity contribution in [3.05, 3.63) is 78.0 Å². The maximum Gasteiger partial charge on any atom is 0.322 e. The highest BCUT2D eigenvalue weighted by Crippen LogP contribution is 2.33. The van der Waals surface area contributed by atoms with Crippen LogP contribution in [-0.2, 0) is 4.79 Å². The quantitative estimate of drug-likeness (QED) is 0.683. The Morgan fingerprint density at radius 3 is 2.77 bits per heavy atom. The van der Waals surface area contributed by atoms with E-state index < -0.39 is 6.04 Å². The summed E-state index contributed by atoms with van der Waals surface area (Å²) >= 11 is 0. The molecule has 3 amide bonds. The molecule has 1 heterocycles. The van der Waals surface area contributed by atoms with Gasteiger partial charge in [-0.1, -0.05) is 36.9 Å². The van der Waals surface area contributed by atoms with Crippen LogP contribution in [0.4, 0.5) is 10.5 Å². The summed E-state index contributed by atoms with van der Waals surface area (Å²) in [5.74, 6) is 0.850. The molecular formula is C23H25N3O4. The van der Waals surface area contributed by atoms with Crippen LogP contribution in [0.25, 0.3) is 0 Å². The van der Waals surface area contributed by atoms with Gasteiger partial charge in [0.2, 0.25) is 0 Å². The first-order valence-corrected chi connectivity index (χ1v) is 9.49. The molecule has 156 valence electrons. The number of benzene rings is 2. The van der Waals surface area contributed by atoms with Gasteiger partial charge in [-0.3, -0.25) is 4.79 Å². The van der Waals surface area contributed by atoms with Crippen LogP contribution in [0.1, 0.15) is 18.5 Å². The fraction of sp³-hybridized carbons (Fsp3) is 0.217. The van der Waals surface area contributed by atoms with E-state index in [-0.39, 0.29) is 11.9 Å². The molecule has 2 N–H and O–H groups in total. The second-order valence-electron chi connectivity index (χ2n) is 6.77. The van der Waals surface area contributed by atoms with Gasteiger partial charge >= 0.3 is 6.03 Å². The van der Waals surface area contributed by atoms with Crippen molar-refractivity contribution in [3.8, 4) is 11.5 Å². The van der Waals surface area contributed by atoms with E-state index in [1.54, 1.807) is 39.3 Å². The number of carbonyl (C=O) groups is 2. The Hall–Kier alpha value is -3.74. The van der Waals surface area contributed by atoms with Crippen molar-refractivity contribution < 1.29 is 19.1 Å². The average molecular weight is 407 g/mol. The smallest absolute Gasteiger partial charge is 0.322 e. The first kappa shape index (κ1) is 21.0. The van der Waals surface area contributed by atoms with Crippen LogP contribution in [0.2, 0.25) is 0 Å². The normalized spacial score (nSPS) is 16.0. The monoisotopic (exact) mass is 407 g/mol. The topological polar surface area (TPSA) is 79.9 Å². The van der Waals surface area contributed by atoms with Crippen LogP contribution in [-0.4, -0.2) is 37.6 Å². The summed E-state index contributed by atoms with van der Waals surface area (Å²) in [7, 11) is 3.17. The highest BCUT2D eigenvalue weighted by Gasteiger charge is 2.34. The van der Waals surface area contributed by atoms with Gasteiger partial charge in [0.15, 0.2) is 0 Å². The molecule has 7 nitrogen and oxygen atoms in total. The Morgan fingerprint density at radius 2 is 2.03 bits per heavy atom. The van der Waals surface area contributed by atoms with E-state index in [1.165, 1.54) is 4.90 Å². The van der Waals surface area contributed by atoms with Crippen molar-refractivity contribution in [2.24, 2.45) is 0 Å². The Bertz CT molecular complexity index is 999. The summed E-state index contributed by atoms with van der Waals surface area (Å²) in [6, 6.07) is 13.5. The number of hydrogen-bond donors (Lipinski definition) is 2. The van der Waals surface area contributed by atoms with Crippen molar-refractivity contribution in [1.29, 1.82) is 0 Å². The van der Waals surface area contributed by atoms with Gasteiger partial charge < -0.3 is 25.0 Å². The largest absolute Gasteiger partial charge is 0.495 e. The van der Waals surface area contributed by atoms with Gasteiger partial charge in [0.25, 0.3) is 5.91 Å². The fourth-order valence-corrected chi connectivity index (χ4v) is 3.26. The van der Waals surface area contributed by atoms with Crippen LogP contribution < -0.4 is 20.1 Å². The highest BCUT2D eigenvalue weighted by molar-refractivity contribution is 6.07. The minimum atomic E-state index is -0.629. The number of rotatable bonds is 7. The standard InChI is InChI=1S/C23H25N3O4/c1-5-13-30-17-10-8-9-16(14-17)21-20(15(2)26(3)23(28)25-21)22(27)24-18-11-6-7-12-19(18)29-4/h5-12,14,21H,1,13H2,2-4H3,(H,24,27)(H,25,28)/t21-/m0/s1. The zero-order valence-corrected chi connectivity index (χ0v) is 17.3. The predicted octanol–water partition coefficient (Wildman–Crippen LogP) is 3.87. The lowest BCUT2D eigenvalue weighted by Gasteiger charge is -2.33. The predicted molar refractivity (Wildman–Crippen MR) is 115 cm³/mol. The molecule has 0 radical (unpaired) electrons. The Morgan fingerprint density at radius 1 is 1.27 bits per heavy atom. The molecule has 3 rings (SSSR count). The number of anilines is 1. The molecule has 0 bridgehead atoms. The third-order valence-corrected chi connectivity index (χ3v) is 4.91. The lowest BCUT2D eigenvalue weighted by Crippen LogP contribution is -2.46. The van der Waals surface area contributed by atoms with Gasteiger partial charge in [-0.25, -0.2) is 4.79 Å². The summed E-state index contributed by atoms with van der Waals surface area (Å²) in [6.45, 7) is 5.76. The van der Waals surface area contributed by atoms with Crippen LogP contribution >= 0.6 is 0 Å². The van der Waals surface area contributed by atoms with Gasteiger partial charge in [-0.05, 0) is 36.8 Å². The number of para-hydroxylation sites is 2. The summed E-state index contributed by atoms with van der Waals surface area (Å²) in [5.41, 5.74) is 2.28. The van der Waals surface area contributed by atoms with Crippen molar-refractivity contribution in [3.63, 3.8) is 0 Å². The van der Waals surface area contributed by atoms with Gasteiger partial charge in [-0.2, -0.15) is 0 Å². The SMILES string of the molecule is C=CCOc1cccc([C@@H]2NC(=O)N(C)C(C)=C2C(=O)Nc2ccccc2OC)c1. The third-order valence-electron chi connectivity index (χ3n) is 4.91. The van der Waals surface area contributed by atoms with Crippen LogP contribution in [0, 0.1) is 0 Å².